The van der Waals surface area contributed by atoms with Crippen molar-refractivity contribution < 1.29 is 4.79 Å². The molecule has 0 aliphatic carbocycles. The lowest BCUT2D eigenvalue weighted by molar-refractivity contribution is -0.121. The fourth-order valence-electron chi connectivity index (χ4n) is 1.31. The number of hydrogen-bond acceptors (Lipinski definition) is 2. The number of hydrogen-bond donors (Lipinski definition) is 2. The van der Waals surface area contributed by atoms with Gasteiger partial charge in [-0.25, -0.2) is 0 Å². The highest BCUT2D eigenvalue weighted by Crippen LogP contribution is 1.98. The molecule has 1 heterocycles. The predicted molar refractivity (Wildman–Crippen MR) is 48.8 cm³/mol. The van der Waals surface area contributed by atoms with Gasteiger partial charge in [0.25, 0.3) is 0 Å². The molecule has 1 aliphatic rings. The second-order valence-electron chi connectivity index (χ2n) is 3.08. The fourth-order valence-corrected chi connectivity index (χ4v) is 1.31. The summed E-state index contributed by atoms with van der Waals surface area (Å²) in [6.45, 7) is 5.51. The van der Waals surface area contributed by atoms with Gasteiger partial charge in [-0.2, -0.15) is 0 Å². The van der Waals surface area contributed by atoms with Crippen LogP contribution in [0.15, 0.2) is 12.7 Å². The van der Waals surface area contributed by atoms with Gasteiger partial charge < -0.3 is 10.6 Å². The summed E-state index contributed by atoms with van der Waals surface area (Å²) in [5, 5.41) is 6.16. The third kappa shape index (κ3) is 3.05. The minimum Gasteiger partial charge on any atom is -0.352 e. The van der Waals surface area contributed by atoms with Gasteiger partial charge in [-0.15, -0.1) is 6.58 Å². The van der Waals surface area contributed by atoms with E-state index in [-0.39, 0.29) is 5.91 Å². The molecule has 0 bridgehead atoms. The smallest absolute Gasteiger partial charge is 0.220 e. The minimum absolute atomic E-state index is 0.142. The first-order valence-corrected chi connectivity index (χ1v) is 4.44. The van der Waals surface area contributed by atoms with E-state index < -0.39 is 0 Å². The summed E-state index contributed by atoms with van der Waals surface area (Å²) in [6.07, 6.45) is 4.16. The standard InChI is InChI=1S/C9H16N2O/c1-2-3-4-9(12)11-8-5-6-10-7-8/h2,8,10H,1,3-7H2,(H,11,12). The summed E-state index contributed by atoms with van der Waals surface area (Å²) in [6, 6.07) is 0.349. The largest absolute Gasteiger partial charge is 0.352 e. The van der Waals surface area contributed by atoms with Crippen molar-refractivity contribution >= 4 is 5.91 Å². The second kappa shape index (κ2) is 4.93. The number of rotatable bonds is 4. The quantitative estimate of drug-likeness (QED) is 0.598. The highest BCUT2D eigenvalue weighted by Gasteiger charge is 2.15. The van der Waals surface area contributed by atoms with Crippen molar-refractivity contribution in [2.45, 2.75) is 25.3 Å². The van der Waals surface area contributed by atoms with E-state index >= 15 is 0 Å². The second-order valence-corrected chi connectivity index (χ2v) is 3.08. The third-order valence-corrected chi connectivity index (χ3v) is 2.00. The molecule has 2 N–H and O–H groups in total. The van der Waals surface area contributed by atoms with E-state index in [2.05, 4.69) is 17.2 Å². The molecule has 0 radical (unpaired) electrons. The topological polar surface area (TPSA) is 41.1 Å². The molecular weight excluding hydrogens is 152 g/mol. The molecule has 1 saturated heterocycles. The lowest BCUT2D eigenvalue weighted by Gasteiger charge is -2.09. The lowest BCUT2D eigenvalue weighted by Crippen LogP contribution is -2.35. The normalized spacial score (nSPS) is 22.2. The Morgan fingerprint density at radius 1 is 1.75 bits per heavy atom. The van der Waals surface area contributed by atoms with Crippen LogP contribution in [0.4, 0.5) is 0 Å². The van der Waals surface area contributed by atoms with Crippen molar-refractivity contribution in [2.75, 3.05) is 13.1 Å². The zero-order chi connectivity index (χ0) is 8.81. The van der Waals surface area contributed by atoms with Crippen molar-refractivity contribution in [3.05, 3.63) is 12.7 Å². The van der Waals surface area contributed by atoms with E-state index in [0.29, 0.717) is 12.5 Å². The van der Waals surface area contributed by atoms with Gasteiger partial charge in [0.15, 0.2) is 0 Å². The van der Waals surface area contributed by atoms with Crippen LogP contribution in [0.25, 0.3) is 0 Å². The van der Waals surface area contributed by atoms with E-state index in [1.54, 1.807) is 6.08 Å². The Labute approximate surface area is 73.2 Å². The van der Waals surface area contributed by atoms with Gasteiger partial charge in [-0.05, 0) is 19.4 Å². The van der Waals surface area contributed by atoms with Gasteiger partial charge in [0, 0.05) is 19.0 Å². The average Bonchev–Trinajstić information content (AvgIpc) is 2.53. The highest BCUT2D eigenvalue weighted by molar-refractivity contribution is 5.76. The maximum absolute atomic E-state index is 11.2. The van der Waals surface area contributed by atoms with Crippen LogP contribution in [-0.2, 0) is 4.79 Å². The molecule has 68 valence electrons. The molecule has 1 atom stereocenters. The van der Waals surface area contributed by atoms with Crippen molar-refractivity contribution in [3.8, 4) is 0 Å². The maximum Gasteiger partial charge on any atom is 0.220 e. The molecular formula is C9H16N2O. The molecule has 1 rings (SSSR count). The molecule has 1 fully saturated rings. The summed E-state index contributed by atoms with van der Waals surface area (Å²) < 4.78 is 0. The summed E-state index contributed by atoms with van der Waals surface area (Å²) in [7, 11) is 0. The number of amides is 1. The average molecular weight is 168 g/mol. The molecule has 0 aromatic rings. The Morgan fingerprint density at radius 3 is 3.17 bits per heavy atom. The molecule has 3 nitrogen and oxygen atoms in total. The van der Waals surface area contributed by atoms with E-state index in [1.165, 1.54) is 0 Å². The number of allylic oxidation sites excluding steroid dienone is 1. The van der Waals surface area contributed by atoms with Crippen LogP contribution in [0, 0.1) is 0 Å². The third-order valence-electron chi connectivity index (χ3n) is 2.00. The Hall–Kier alpha value is -0.830. The van der Waals surface area contributed by atoms with Gasteiger partial charge in [0.2, 0.25) is 5.91 Å². The van der Waals surface area contributed by atoms with Crippen molar-refractivity contribution in [2.24, 2.45) is 0 Å². The van der Waals surface area contributed by atoms with E-state index in [0.717, 1.165) is 25.9 Å². The summed E-state index contributed by atoms with van der Waals surface area (Å²) in [5.41, 5.74) is 0. The Morgan fingerprint density at radius 2 is 2.58 bits per heavy atom. The van der Waals surface area contributed by atoms with Crippen molar-refractivity contribution in [3.63, 3.8) is 0 Å². The zero-order valence-electron chi connectivity index (χ0n) is 7.31. The van der Waals surface area contributed by atoms with Gasteiger partial charge in [0.1, 0.15) is 0 Å². The first-order chi connectivity index (χ1) is 5.83. The van der Waals surface area contributed by atoms with E-state index in [4.69, 9.17) is 0 Å². The van der Waals surface area contributed by atoms with Gasteiger partial charge in [0.05, 0.1) is 0 Å². The van der Waals surface area contributed by atoms with E-state index in [9.17, 15) is 4.79 Å². The van der Waals surface area contributed by atoms with Crippen LogP contribution >= 0.6 is 0 Å². The summed E-state index contributed by atoms with van der Waals surface area (Å²) >= 11 is 0. The monoisotopic (exact) mass is 168 g/mol. The van der Waals surface area contributed by atoms with Gasteiger partial charge >= 0.3 is 0 Å². The van der Waals surface area contributed by atoms with Crippen LogP contribution in [0.3, 0.4) is 0 Å². The molecule has 0 aromatic heterocycles. The predicted octanol–water partition coefficient (Wildman–Crippen LogP) is 0.431. The first kappa shape index (κ1) is 9.26. The fraction of sp³-hybridized carbons (Fsp3) is 0.667. The van der Waals surface area contributed by atoms with Crippen LogP contribution < -0.4 is 10.6 Å². The van der Waals surface area contributed by atoms with Crippen LogP contribution in [0.2, 0.25) is 0 Å². The molecule has 0 spiro atoms. The van der Waals surface area contributed by atoms with Gasteiger partial charge in [-0.1, -0.05) is 6.08 Å². The molecule has 0 saturated carbocycles. The van der Waals surface area contributed by atoms with E-state index in [1.807, 2.05) is 0 Å². The Balaban J connectivity index is 2.11. The van der Waals surface area contributed by atoms with Crippen LogP contribution in [0.1, 0.15) is 19.3 Å². The first-order valence-electron chi connectivity index (χ1n) is 4.44. The number of carbonyl (C=O) groups excluding carboxylic acids is 1. The molecule has 3 heteroatoms. The summed E-state index contributed by atoms with van der Waals surface area (Å²) in [5.74, 6) is 0.142. The Kier molecular flexibility index (Phi) is 3.80. The molecule has 0 aromatic carbocycles. The maximum atomic E-state index is 11.2. The highest BCUT2D eigenvalue weighted by atomic mass is 16.1. The molecule has 1 aliphatic heterocycles. The molecule has 1 unspecified atom stereocenters. The zero-order valence-corrected chi connectivity index (χ0v) is 7.31. The number of carbonyl (C=O) groups is 1. The molecule has 12 heavy (non-hydrogen) atoms. The lowest BCUT2D eigenvalue weighted by atomic mass is 10.2. The minimum atomic E-state index is 0.142. The van der Waals surface area contributed by atoms with Crippen LogP contribution in [-0.4, -0.2) is 25.0 Å². The van der Waals surface area contributed by atoms with Crippen LogP contribution in [0.5, 0.6) is 0 Å². The van der Waals surface area contributed by atoms with Crippen molar-refractivity contribution in [1.29, 1.82) is 0 Å². The molecule has 1 amide bonds. The van der Waals surface area contributed by atoms with Gasteiger partial charge in [-0.3, -0.25) is 4.79 Å². The Bertz CT molecular complexity index is 162. The van der Waals surface area contributed by atoms with Crippen molar-refractivity contribution in [1.82, 2.24) is 10.6 Å². The summed E-state index contributed by atoms with van der Waals surface area (Å²) in [4.78, 5) is 11.2. The SMILES string of the molecule is C=CCCC(=O)NC1CCNC1. The number of nitrogens with one attached hydrogen (secondary N) is 2.